The molecule has 1 heterocycles. The molecule has 0 radical (unpaired) electrons. The summed E-state index contributed by atoms with van der Waals surface area (Å²) in [7, 11) is 0. The zero-order valence-corrected chi connectivity index (χ0v) is 7.13. The number of hydrogen-bond donors (Lipinski definition) is 3. The molecular formula is C7H10N4O2. The third-order valence-electron chi connectivity index (χ3n) is 1.49. The van der Waals surface area contributed by atoms with Gasteiger partial charge in [-0.05, 0) is 6.92 Å². The summed E-state index contributed by atoms with van der Waals surface area (Å²) in [5, 5.41) is 0. The molecule has 0 aliphatic heterocycles. The Labute approximate surface area is 74.0 Å². The average molecular weight is 182 g/mol. The van der Waals surface area contributed by atoms with Gasteiger partial charge >= 0.3 is 0 Å². The minimum Gasteiger partial charge on any atom is -0.383 e. The van der Waals surface area contributed by atoms with Crippen molar-refractivity contribution < 1.29 is 4.79 Å². The maximum absolute atomic E-state index is 11.2. The van der Waals surface area contributed by atoms with Crippen LogP contribution in [0.5, 0.6) is 0 Å². The van der Waals surface area contributed by atoms with Crippen molar-refractivity contribution in [1.82, 2.24) is 9.97 Å². The number of nitrogens with two attached hydrogens (primary N) is 2. The molecule has 5 N–H and O–H groups in total. The molecule has 6 nitrogen and oxygen atoms in total. The minimum absolute atomic E-state index is 0.0106. The maximum atomic E-state index is 11.2. The normalized spacial score (nSPS) is 9.92. The fourth-order valence-corrected chi connectivity index (χ4v) is 0.953. The standard InChI is InChI=1S/C7H10N4O2/c1-3(12)2-4-5(8)10-7(9)11-6(4)13/h2H2,1H3,(H5,8,9,10,11,13). The number of carbonyl (C=O) groups is 1. The van der Waals surface area contributed by atoms with Gasteiger partial charge in [0, 0.05) is 6.42 Å². The van der Waals surface area contributed by atoms with Crippen LogP contribution in [-0.4, -0.2) is 15.8 Å². The molecule has 1 aromatic heterocycles. The first-order valence-electron chi connectivity index (χ1n) is 3.64. The number of nitrogens with one attached hydrogen (secondary N) is 1. The molecule has 70 valence electrons. The summed E-state index contributed by atoms with van der Waals surface area (Å²) < 4.78 is 0. The van der Waals surface area contributed by atoms with Crippen LogP contribution < -0.4 is 17.0 Å². The highest BCUT2D eigenvalue weighted by Crippen LogP contribution is 2.04. The van der Waals surface area contributed by atoms with Gasteiger partial charge in [-0.1, -0.05) is 0 Å². The number of Topliss-reactive ketones (excluding diaryl/α,β-unsaturated/α-hetero) is 1. The third-order valence-corrected chi connectivity index (χ3v) is 1.49. The van der Waals surface area contributed by atoms with Crippen molar-refractivity contribution in [2.45, 2.75) is 13.3 Å². The Hall–Kier alpha value is -1.85. The predicted molar refractivity (Wildman–Crippen MR) is 48.1 cm³/mol. The van der Waals surface area contributed by atoms with E-state index < -0.39 is 5.56 Å². The Morgan fingerprint density at radius 1 is 1.54 bits per heavy atom. The second-order valence-corrected chi connectivity index (χ2v) is 2.69. The van der Waals surface area contributed by atoms with Gasteiger partial charge < -0.3 is 11.5 Å². The number of nitrogens with zero attached hydrogens (tertiary/aromatic N) is 1. The van der Waals surface area contributed by atoms with Crippen molar-refractivity contribution in [3.63, 3.8) is 0 Å². The summed E-state index contributed by atoms with van der Waals surface area (Å²) >= 11 is 0. The lowest BCUT2D eigenvalue weighted by molar-refractivity contribution is -0.116. The monoisotopic (exact) mass is 182 g/mol. The van der Waals surface area contributed by atoms with Crippen molar-refractivity contribution in [2.75, 3.05) is 11.5 Å². The van der Waals surface area contributed by atoms with Crippen LogP contribution in [0.25, 0.3) is 0 Å². The van der Waals surface area contributed by atoms with Crippen LogP contribution in [0.1, 0.15) is 12.5 Å². The zero-order valence-electron chi connectivity index (χ0n) is 7.13. The molecule has 0 aliphatic carbocycles. The smallest absolute Gasteiger partial charge is 0.258 e. The van der Waals surface area contributed by atoms with Crippen LogP contribution in [0.4, 0.5) is 11.8 Å². The van der Waals surface area contributed by atoms with Crippen LogP contribution in [0, 0.1) is 0 Å². The summed E-state index contributed by atoms with van der Waals surface area (Å²) in [6.45, 7) is 1.37. The molecule has 0 atom stereocenters. The molecule has 0 fully saturated rings. The number of carbonyl (C=O) groups excluding carboxylic acids is 1. The highest BCUT2D eigenvalue weighted by molar-refractivity contribution is 5.79. The minimum atomic E-state index is -0.458. The number of aromatic amines is 1. The van der Waals surface area contributed by atoms with Gasteiger partial charge in [-0.25, -0.2) is 0 Å². The number of H-pyrrole nitrogens is 1. The van der Waals surface area contributed by atoms with E-state index in [1.54, 1.807) is 0 Å². The summed E-state index contributed by atoms with van der Waals surface area (Å²) in [5.41, 5.74) is 10.3. The number of ketones is 1. The van der Waals surface area contributed by atoms with Gasteiger partial charge in [-0.3, -0.25) is 14.6 Å². The van der Waals surface area contributed by atoms with Crippen LogP contribution in [0.15, 0.2) is 4.79 Å². The molecule has 0 saturated heterocycles. The van der Waals surface area contributed by atoms with E-state index in [9.17, 15) is 9.59 Å². The van der Waals surface area contributed by atoms with E-state index >= 15 is 0 Å². The Bertz CT molecular complexity index is 396. The van der Waals surface area contributed by atoms with E-state index in [0.29, 0.717) is 0 Å². The molecule has 6 heteroatoms. The van der Waals surface area contributed by atoms with Crippen LogP contribution in [0.2, 0.25) is 0 Å². The highest BCUT2D eigenvalue weighted by atomic mass is 16.1. The van der Waals surface area contributed by atoms with Crippen molar-refractivity contribution >= 4 is 17.5 Å². The van der Waals surface area contributed by atoms with Crippen LogP contribution in [0.3, 0.4) is 0 Å². The second-order valence-electron chi connectivity index (χ2n) is 2.69. The first-order chi connectivity index (χ1) is 6.00. The van der Waals surface area contributed by atoms with Crippen LogP contribution >= 0.6 is 0 Å². The average Bonchev–Trinajstić information content (AvgIpc) is 1.96. The molecule has 1 aromatic rings. The molecule has 0 amide bonds. The van der Waals surface area contributed by atoms with Crippen molar-refractivity contribution in [1.29, 1.82) is 0 Å². The molecule has 13 heavy (non-hydrogen) atoms. The van der Waals surface area contributed by atoms with E-state index in [1.165, 1.54) is 6.92 Å². The van der Waals surface area contributed by atoms with Crippen molar-refractivity contribution in [3.05, 3.63) is 15.9 Å². The van der Waals surface area contributed by atoms with Gasteiger partial charge in [-0.15, -0.1) is 0 Å². The van der Waals surface area contributed by atoms with Crippen LogP contribution in [-0.2, 0) is 11.2 Å². The van der Waals surface area contributed by atoms with E-state index in [-0.39, 0.29) is 29.5 Å². The van der Waals surface area contributed by atoms with Crippen molar-refractivity contribution in [3.8, 4) is 0 Å². The summed E-state index contributed by atoms with van der Waals surface area (Å²) in [5.74, 6) is -0.185. The van der Waals surface area contributed by atoms with E-state index in [0.717, 1.165) is 0 Å². The molecule has 0 saturated carbocycles. The number of aromatic nitrogens is 2. The summed E-state index contributed by atoms with van der Waals surface area (Å²) in [4.78, 5) is 27.8. The second kappa shape index (κ2) is 3.26. The van der Waals surface area contributed by atoms with E-state index in [1.807, 2.05) is 0 Å². The fourth-order valence-electron chi connectivity index (χ4n) is 0.953. The molecule has 0 bridgehead atoms. The van der Waals surface area contributed by atoms with Gasteiger partial charge in [0.15, 0.2) is 0 Å². The quantitative estimate of drug-likeness (QED) is 0.546. The Kier molecular flexibility index (Phi) is 2.32. The van der Waals surface area contributed by atoms with Gasteiger partial charge in [-0.2, -0.15) is 4.98 Å². The third kappa shape index (κ3) is 2.05. The molecule has 1 rings (SSSR count). The summed E-state index contributed by atoms with van der Waals surface area (Å²) in [6.07, 6.45) is -0.0194. The maximum Gasteiger partial charge on any atom is 0.258 e. The number of anilines is 2. The topological polar surface area (TPSA) is 115 Å². The van der Waals surface area contributed by atoms with Gasteiger partial charge in [0.05, 0.1) is 5.56 Å². The Balaban J connectivity index is 3.21. The Morgan fingerprint density at radius 3 is 2.62 bits per heavy atom. The van der Waals surface area contributed by atoms with Gasteiger partial charge in [0.25, 0.3) is 5.56 Å². The summed E-state index contributed by atoms with van der Waals surface area (Å²) in [6, 6.07) is 0. The lowest BCUT2D eigenvalue weighted by Crippen LogP contribution is -2.21. The number of rotatable bonds is 2. The van der Waals surface area contributed by atoms with Gasteiger partial charge in [0.2, 0.25) is 5.95 Å². The molecule has 0 aliphatic rings. The lowest BCUT2D eigenvalue weighted by Gasteiger charge is -2.01. The largest absolute Gasteiger partial charge is 0.383 e. The molecular weight excluding hydrogens is 172 g/mol. The molecule has 0 unspecified atom stereocenters. The number of hydrogen-bond acceptors (Lipinski definition) is 5. The fraction of sp³-hybridized carbons (Fsp3) is 0.286. The molecule has 0 aromatic carbocycles. The highest BCUT2D eigenvalue weighted by Gasteiger charge is 2.09. The van der Waals surface area contributed by atoms with Gasteiger partial charge in [0.1, 0.15) is 11.6 Å². The first-order valence-corrected chi connectivity index (χ1v) is 3.64. The predicted octanol–water partition coefficient (Wildman–Crippen LogP) is -0.934. The number of nitrogen functional groups attached to an aromatic ring is 2. The van der Waals surface area contributed by atoms with E-state index in [4.69, 9.17) is 11.5 Å². The Morgan fingerprint density at radius 2 is 2.15 bits per heavy atom. The lowest BCUT2D eigenvalue weighted by atomic mass is 10.2. The van der Waals surface area contributed by atoms with E-state index in [2.05, 4.69) is 9.97 Å². The SMILES string of the molecule is CC(=O)Cc1c(N)nc(N)[nH]c1=O. The first kappa shape index (κ1) is 9.24. The van der Waals surface area contributed by atoms with Crippen molar-refractivity contribution in [2.24, 2.45) is 0 Å². The zero-order chi connectivity index (χ0) is 10.0. The molecule has 0 spiro atoms.